The van der Waals surface area contributed by atoms with Crippen molar-refractivity contribution in [3.63, 3.8) is 0 Å². The van der Waals surface area contributed by atoms with E-state index in [0.717, 1.165) is 0 Å². The summed E-state index contributed by atoms with van der Waals surface area (Å²) in [5, 5.41) is 9.19. The number of piperazine rings is 1. The van der Waals surface area contributed by atoms with Gasteiger partial charge in [0.05, 0.1) is 11.6 Å². The van der Waals surface area contributed by atoms with Crippen molar-refractivity contribution in [2.45, 2.75) is 12.5 Å². The number of carbonyl (C=O) groups excluding carboxylic acids is 2. The van der Waals surface area contributed by atoms with Gasteiger partial charge in [0.15, 0.2) is 0 Å². The Morgan fingerprint density at radius 3 is 2.43 bits per heavy atom. The summed E-state index contributed by atoms with van der Waals surface area (Å²) in [5.74, 6) is -1.87. The summed E-state index contributed by atoms with van der Waals surface area (Å²) in [5.41, 5.74) is 0.709. The molecule has 0 radical (unpaired) electrons. The Balaban J connectivity index is 1.95. The molecule has 1 heterocycles. The fraction of sp³-hybridized carbons (Fsp3) is 0.190. The number of nitrogens with zero attached hydrogens (tertiary/aromatic N) is 3. The van der Waals surface area contributed by atoms with Crippen LogP contribution in [-0.2, 0) is 16.0 Å². The van der Waals surface area contributed by atoms with Gasteiger partial charge in [-0.1, -0.05) is 18.2 Å². The summed E-state index contributed by atoms with van der Waals surface area (Å²) in [6.45, 7) is 0. The number of carbonyl (C=O) groups is 2. The molecule has 1 fully saturated rings. The topological polar surface area (TPSA) is 64.4 Å². The highest BCUT2D eigenvalue weighted by atomic mass is 19.1. The van der Waals surface area contributed by atoms with E-state index in [2.05, 4.69) is 0 Å². The Hall–Kier alpha value is -3.53. The van der Waals surface area contributed by atoms with E-state index < -0.39 is 17.8 Å². The molecule has 1 aliphatic heterocycles. The van der Waals surface area contributed by atoms with E-state index in [1.54, 1.807) is 12.1 Å². The normalized spacial score (nSPS) is 18.5. The Morgan fingerprint density at radius 1 is 1.11 bits per heavy atom. The standard InChI is InChI=1S/C21H17F2N3O2/c1-25-18(10-13-6-8-15(22)9-7-13)20(27)26(2)19(21(25)28)11-16-14(12-24)4-3-5-17(16)23/h3-9,11,18H,10H2,1-2H3. The second-order valence-electron chi connectivity index (χ2n) is 6.50. The molecule has 1 saturated heterocycles. The molecule has 7 heteroatoms. The predicted molar refractivity (Wildman–Crippen MR) is 98.5 cm³/mol. The fourth-order valence-electron chi connectivity index (χ4n) is 3.12. The second-order valence-corrected chi connectivity index (χ2v) is 6.50. The van der Waals surface area contributed by atoms with Crippen LogP contribution in [0.2, 0.25) is 0 Å². The largest absolute Gasteiger partial charge is 0.328 e. The van der Waals surface area contributed by atoms with Crippen molar-refractivity contribution in [3.05, 3.63) is 76.5 Å². The molecule has 3 rings (SSSR count). The van der Waals surface area contributed by atoms with Crippen molar-refractivity contribution in [1.82, 2.24) is 9.80 Å². The zero-order valence-electron chi connectivity index (χ0n) is 15.3. The molecule has 2 aromatic carbocycles. The minimum absolute atomic E-state index is 0.0237. The molecule has 0 saturated carbocycles. The first-order valence-corrected chi connectivity index (χ1v) is 8.53. The molecule has 0 spiro atoms. The van der Waals surface area contributed by atoms with Gasteiger partial charge in [0.1, 0.15) is 23.4 Å². The molecule has 0 aliphatic carbocycles. The van der Waals surface area contributed by atoms with E-state index in [1.807, 2.05) is 6.07 Å². The molecule has 142 valence electrons. The number of hydrogen-bond acceptors (Lipinski definition) is 3. The lowest BCUT2D eigenvalue weighted by molar-refractivity contribution is -0.148. The molecule has 2 aromatic rings. The van der Waals surface area contributed by atoms with Gasteiger partial charge in [-0.25, -0.2) is 8.78 Å². The monoisotopic (exact) mass is 381 g/mol. The van der Waals surface area contributed by atoms with Gasteiger partial charge in [-0.15, -0.1) is 0 Å². The minimum atomic E-state index is -0.767. The van der Waals surface area contributed by atoms with Gasteiger partial charge in [0, 0.05) is 26.1 Å². The van der Waals surface area contributed by atoms with E-state index in [0.29, 0.717) is 5.56 Å². The van der Waals surface area contributed by atoms with E-state index in [4.69, 9.17) is 0 Å². The van der Waals surface area contributed by atoms with Crippen LogP contribution in [0.4, 0.5) is 8.78 Å². The summed E-state index contributed by atoms with van der Waals surface area (Å²) in [4.78, 5) is 28.2. The fourth-order valence-corrected chi connectivity index (χ4v) is 3.12. The lowest BCUT2D eigenvalue weighted by Gasteiger charge is -2.38. The second kappa shape index (κ2) is 7.61. The lowest BCUT2D eigenvalue weighted by Crippen LogP contribution is -2.56. The number of likely N-dealkylation sites (N-methyl/N-ethyl adjacent to an activating group) is 2. The van der Waals surface area contributed by atoms with Crippen LogP contribution in [0.1, 0.15) is 16.7 Å². The molecule has 0 N–H and O–H groups in total. The quantitative estimate of drug-likeness (QED) is 0.768. The van der Waals surface area contributed by atoms with Crippen LogP contribution >= 0.6 is 0 Å². The first-order valence-electron chi connectivity index (χ1n) is 8.53. The third kappa shape index (κ3) is 3.49. The summed E-state index contributed by atoms with van der Waals surface area (Å²) in [6, 6.07) is 10.8. The molecule has 2 amide bonds. The van der Waals surface area contributed by atoms with Crippen molar-refractivity contribution in [1.29, 1.82) is 5.26 Å². The molecule has 1 unspecified atom stereocenters. The van der Waals surface area contributed by atoms with E-state index in [9.17, 15) is 23.6 Å². The van der Waals surface area contributed by atoms with Crippen LogP contribution in [0, 0.1) is 23.0 Å². The molecule has 28 heavy (non-hydrogen) atoms. The molecule has 1 atom stereocenters. The Morgan fingerprint density at radius 2 is 1.79 bits per heavy atom. The predicted octanol–water partition coefficient (Wildman–Crippen LogP) is 2.72. The third-order valence-corrected chi connectivity index (χ3v) is 4.78. The summed E-state index contributed by atoms with van der Waals surface area (Å²) < 4.78 is 27.3. The maximum Gasteiger partial charge on any atom is 0.271 e. The van der Waals surface area contributed by atoms with Crippen molar-refractivity contribution in [2.24, 2.45) is 0 Å². The van der Waals surface area contributed by atoms with E-state index in [1.165, 1.54) is 60.3 Å². The summed E-state index contributed by atoms with van der Waals surface area (Å²) >= 11 is 0. The highest BCUT2D eigenvalue weighted by molar-refractivity contribution is 6.07. The van der Waals surface area contributed by atoms with Gasteiger partial charge in [-0.3, -0.25) is 9.59 Å². The SMILES string of the molecule is CN1C(=O)C(Cc2ccc(F)cc2)N(C)C(=O)C1=Cc1c(F)cccc1C#N. The number of halogens is 2. The number of amides is 2. The minimum Gasteiger partial charge on any atom is -0.328 e. The van der Waals surface area contributed by atoms with Crippen LogP contribution < -0.4 is 0 Å². The van der Waals surface area contributed by atoms with Crippen molar-refractivity contribution in [3.8, 4) is 6.07 Å². The average molecular weight is 381 g/mol. The van der Waals surface area contributed by atoms with Crippen molar-refractivity contribution >= 4 is 17.9 Å². The van der Waals surface area contributed by atoms with E-state index >= 15 is 0 Å². The van der Waals surface area contributed by atoms with Gasteiger partial charge in [0.2, 0.25) is 5.91 Å². The van der Waals surface area contributed by atoms with Gasteiger partial charge in [0.25, 0.3) is 5.91 Å². The maximum absolute atomic E-state index is 14.2. The lowest BCUT2D eigenvalue weighted by atomic mass is 9.99. The summed E-state index contributed by atoms with van der Waals surface area (Å²) in [6.07, 6.45) is 1.45. The molecule has 5 nitrogen and oxygen atoms in total. The van der Waals surface area contributed by atoms with Crippen LogP contribution in [-0.4, -0.2) is 41.8 Å². The third-order valence-electron chi connectivity index (χ3n) is 4.78. The maximum atomic E-state index is 14.2. The zero-order valence-corrected chi connectivity index (χ0v) is 15.3. The molecule has 0 bridgehead atoms. The van der Waals surface area contributed by atoms with Crippen molar-refractivity contribution in [2.75, 3.05) is 14.1 Å². The number of benzene rings is 2. The Bertz CT molecular complexity index is 1010. The zero-order chi connectivity index (χ0) is 20.4. The number of nitriles is 1. The number of hydrogen-bond donors (Lipinski definition) is 0. The van der Waals surface area contributed by atoms with Gasteiger partial charge < -0.3 is 9.80 Å². The molecule has 1 aliphatic rings. The number of rotatable bonds is 3. The molecular weight excluding hydrogens is 364 g/mol. The highest BCUT2D eigenvalue weighted by Gasteiger charge is 2.39. The Labute approximate surface area is 161 Å². The van der Waals surface area contributed by atoms with Crippen LogP contribution in [0.25, 0.3) is 6.08 Å². The average Bonchev–Trinajstić information content (AvgIpc) is 2.69. The van der Waals surface area contributed by atoms with Gasteiger partial charge >= 0.3 is 0 Å². The molecule has 0 aromatic heterocycles. The van der Waals surface area contributed by atoms with Crippen molar-refractivity contribution < 1.29 is 18.4 Å². The van der Waals surface area contributed by atoms with Crippen LogP contribution in [0.5, 0.6) is 0 Å². The van der Waals surface area contributed by atoms with E-state index in [-0.39, 0.29) is 35.0 Å². The smallest absolute Gasteiger partial charge is 0.271 e. The van der Waals surface area contributed by atoms with Gasteiger partial charge in [-0.05, 0) is 35.9 Å². The Kier molecular flexibility index (Phi) is 5.23. The van der Waals surface area contributed by atoms with Crippen LogP contribution in [0.15, 0.2) is 48.2 Å². The molecular formula is C21H17F2N3O2. The first kappa shape index (κ1) is 19.2. The highest BCUT2D eigenvalue weighted by Crippen LogP contribution is 2.25. The summed E-state index contributed by atoms with van der Waals surface area (Å²) in [7, 11) is 2.92. The van der Waals surface area contributed by atoms with Gasteiger partial charge in [-0.2, -0.15) is 5.26 Å². The van der Waals surface area contributed by atoms with Crippen LogP contribution in [0.3, 0.4) is 0 Å². The first-order chi connectivity index (χ1) is 13.3.